The van der Waals surface area contributed by atoms with Gasteiger partial charge in [-0.15, -0.1) is 0 Å². The van der Waals surface area contributed by atoms with E-state index in [-0.39, 0.29) is 70.0 Å². The number of carbonyl (C=O) groups excluding carboxylic acids is 3. The third kappa shape index (κ3) is 29.7. The summed E-state index contributed by atoms with van der Waals surface area (Å²) in [6.45, 7) is 6.03. The number of hydrogen-bond donors (Lipinski definition) is 3. The lowest BCUT2D eigenvalue weighted by Crippen LogP contribution is -2.42. The number of unbranched alkanes of at least 4 members (excludes halogenated alkanes) is 20. The lowest BCUT2D eigenvalue weighted by Gasteiger charge is -2.30. The van der Waals surface area contributed by atoms with E-state index < -0.39 is 11.7 Å². The zero-order chi connectivity index (χ0) is 36.4. The molecule has 9 nitrogen and oxygen atoms in total. The van der Waals surface area contributed by atoms with Crippen LogP contribution in [0.4, 0.5) is 0 Å². The van der Waals surface area contributed by atoms with Gasteiger partial charge >= 0.3 is 11.9 Å². The molecule has 0 fully saturated rings. The van der Waals surface area contributed by atoms with E-state index in [1.165, 1.54) is 115 Å². The van der Waals surface area contributed by atoms with Crippen molar-refractivity contribution in [2.75, 3.05) is 32.9 Å². The molecule has 0 bridgehead atoms. The first kappa shape index (κ1) is 47.3. The summed E-state index contributed by atoms with van der Waals surface area (Å²) in [7, 11) is 0. The van der Waals surface area contributed by atoms with Crippen LogP contribution >= 0.6 is 0 Å². The van der Waals surface area contributed by atoms with E-state index in [0.717, 1.165) is 38.5 Å². The van der Waals surface area contributed by atoms with Gasteiger partial charge in [0, 0.05) is 25.9 Å². The first-order chi connectivity index (χ1) is 23.7. The Hall–Kier alpha value is -1.71. The summed E-state index contributed by atoms with van der Waals surface area (Å²) in [5, 5.41) is 29.8. The van der Waals surface area contributed by atoms with Gasteiger partial charge in [0.05, 0.1) is 24.8 Å². The van der Waals surface area contributed by atoms with E-state index in [2.05, 4.69) is 13.8 Å². The van der Waals surface area contributed by atoms with Crippen molar-refractivity contribution in [2.24, 2.45) is 0 Å². The number of ether oxygens (including phenoxy) is 2. The number of carbonyl (C=O) groups is 3. The van der Waals surface area contributed by atoms with Crippen LogP contribution in [0.2, 0.25) is 0 Å². The average Bonchev–Trinajstić information content (AvgIpc) is 3.08. The van der Waals surface area contributed by atoms with Gasteiger partial charge in [-0.2, -0.15) is 0 Å². The van der Waals surface area contributed by atoms with E-state index in [4.69, 9.17) is 14.6 Å². The summed E-state index contributed by atoms with van der Waals surface area (Å²) in [5.41, 5.74) is -1.54. The molecule has 0 aliphatic rings. The molecule has 0 aromatic heterocycles. The van der Waals surface area contributed by atoms with Crippen LogP contribution in [0.5, 0.6) is 0 Å². The summed E-state index contributed by atoms with van der Waals surface area (Å²) in [6, 6.07) is 0. The number of aliphatic hydroxyl groups is 3. The molecule has 0 aliphatic heterocycles. The van der Waals surface area contributed by atoms with Gasteiger partial charge in [-0.05, 0) is 32.6 Å². The lowest BCUT2D eigenvalue weighted by atomic mass is 9.91. The number of hydrogen-bond acceptors (Lipinski definition) is 8. The van der Waals surface area contributed by atoms with Crippen molar-refractivity contribution in [1.82, 2.24) is 4.90 Å². The van der Waals surface area contributed by atoms with Gasteiger partial charge in [0.2, 0.25) is 5.91 Å². The fraction of sp³-hybridized carbons (Fsp3) is 0.925. The summed E-state index contributed by atoms with van der Waals surface area (Å²) >= 11 is 0. The van der Waals surface area contributed by atoms with Crippen molar-refractivity contribution in [1.29, 1.82) is 0 Å². The first-order valence-electron chi connectivity index (χ1n) is 20.3. The van der Waals surface area contributed by atoms with Crippen LogP contribution in [-0.2, 0) is 23.9 Å². The molecule has 0 saturated heterocycles. The quantitative estimate of drug-likeness (QED) is 0.0438. The summed E-state index contributed by atoms with van der Waals surface area (Å²) < 4.78 is 10.8. The van der Waals surface area contributed by atoms with Crippen molar-refractivity contribution in [2.45, 2.75) is 206 Å². The molecule has 3 N–H and O–H groups in total. The Labute approximate surface area is 300 Å². The second kappa shape index (κ2) is 33.4. The van der Waals surface area contributed by atoms with Crippen LogP contribution in [0.15, 0.2) is 0 Å². The van der Waals surface area contributed by atoms with Crippen LogP contribution in [0.25, 0.3) is 0 Å². The van der Waals surface area contributed by atoms with Crippen molar-refractivity contribution >= 4 is 17.8 Å². The Bertz CT molecular complexity index is 746. The molecule has 0 saturated carbocycles. The highest BCUT2D eigenvalue weighted by Gasteiger charge is 2.31. The number of nitrogens with zero attached hydrogens (tertiary/aromatic N) is 1. The normalized spacial score (nSPS) is 13.2. The van der Waals surface area contributed by atoms with Gasteiger partial charge in [0.1, 0.15) is 13.2 Å². The van der Waals surface area contributed by atoms with Gasteiger partial charge in [-0.1, -0.05) is 142 Å². The molecule has 0 radical (unpaired) electrons. The molecular formula is C40H77NO8. The summed E-state index contributed by atoms with van der Waals surface area (Å²) in [5.74, 6) is -0.854. The second-order valence-electron chi connectivity index (χ2n) is 14.3. The van der Waals surface area contributed by atoms with Crippen LogP contribution in [0.3, 0.4) is 0 Å². The molecule has 49 heavy (non-hydrogen) atoms. The van der Waals surface area contributed by atoms with Gasteiger partial charge in [0.15, 0.2) is 0 Å². The Balaban J connectivity index is 4.44. The van der Waals surface area contributed by atoms with E-state index in [1.807, 2.05) is 0 Å². The Morgan fingerprint density at radius 1 is 0.592 bits per heavy atom. The molecule has 290 valence electrons. The van der Waals surface area contributed by atoms with E-state index >= 15 is 0 Å². The van der Waals surface area contributed by atoms with Crippen LogP contribution in [0, 0.1) is 0 Å². The van der Waals surface area contributed by atoms with Crippen molar-refractivity contribution in [3.05, 3.63) is 0 Å². The average molecular weight is 700 g/mol. The molecule has 0 aromatic rings. The Morgan fingerprint density at radius 3 is 1.29 bits per heavy atom. The SMILES string of the molecule is CCCCCCCCCCCCCC(=O)OCCN(CCOC(=O)CCCCCCCCCCCCC)C(=O)CC[C@@](C)(O)C(O)CCO. The highest BCUT2D eigenvalue weighted by molar-refractivity contribution is 5.76. The molecule has 1 unspecified atom stereocenters. The molecule has 0 rings (SSSR count). The zero-order valence-electron chi connectivity index (χ0n) is 32.0. The first-order valence-corrected chi connectivity index (χ1v) is 20.3. The summed E-state index contributed by atoms with van der Waals surface area (Å²) in [6.07, 6.45) is 26.1. The van der Waals surface area contributed by atoms with Crippen molar-refractivity contribution in [3.63, 3.8) is 0 Å². The molecule has 0 aliphatic carbocycles. The van der Waals surface area contributed by atoms with Crippen LogP contribution in [-0.4, -0.2) is 82.7 Å². The number of amides is 1. The third-order valence-electron chi connectivity index (χ3n) is 9.54. The minimum absolute atomic E-state index is 0.000783. The standard InChI is InChI=1S/C40H77NO8/c1-4-6-8-10-12-14-16-18-20-22-24-26-38(45)48-34-31-41(37(44)28-30-40(3,47)36(43)29-33-42)32-35-49-39(46)27-25-23-21-19-17-15-13-11-9-7-5-2/h36,42-43,47H,4-35H2,1-3H3/t36?,40-/m1/s1. The predicted octanol–water partition coefficient (Wildman–Crippen LogP) is 8.58. The second-order valence-corrected chi connectivity index (χ2v) is 14.3. The van der Waals surface area contributed by atoms with Crippen LogP contribution in [0.1, 0.15) is 194 Å². The highest BCUT2D eigenvalue weighted by Crippen LogP contribution is 2.20. The summed E-state index contributed by atoms with van der Waals surface area (Å²) in [4.78, 5) is 39.2. The molecular weight excluding hydrogens is 622 g/mol. The number of rotatable bonds is 36. The zero-order valence-corrected chi connectivity index (χ0v) is 32.0. The van der Waals surface area contributed by atoms with Gasteiger partial charge in [-0.25, -0.2) is 0 Å². The minimum atomic E-state index is -1.54. The van der Waals surface area contributed by atoms with Gasteiger partial charge < -0.3 is 29.7 Å². The maximum absolute atomic E-state index is 13.1. The maximum Gasteiger partial charge on any atom is 0.305 e. The number of esters is 2. The minimum Gasteiger partial charge on any atom is -0.464 e. The molecule has 0 spiro atoms. The lowest BCUT2D eigenvalue weighted by molar-refractivity contribution is -0.148. The monoisotopic (exact) mass is 700 g/mol. The van der Waals surface area contributed by atoms with Gasteiger partial charge in [-0.3, -0.25) is 14.4 Å². The van der Waals surface area contributed by atoms with E-state index in [9.17, 15) is 24.6 Å². The van der Waals surface area contributed by atoms with E-state index in [1.54, 1.807) is 0 Å². The van der Waals surface area contributed by atoms with Gasteiger partial charge in [0.25, 0.3) is 0 Å². The maximum atomic E-state index is 13.1. The smallest absolute Gasteiger partial charge is 0.305 e. The Morgan fingerprint density at radius 2 is 0.939 bits per heavy atom. The fourth-order valence-electron chi connectivity index (χ4n) is 6.03. The Kier molecular flexibility index (Phi) is 32.3. The molecule has 0 heterocycles. The highest BCUT2D eigenvalue weighted by atomic mass is 16.5. The molecule has 9 heteroatoms. The largest absolute Gasteiger partial charge is 0.464 e. The number of aliphatic hydroxyl groups excluding tert-OH is 2. The van der Waals surface area contributed by atoms with E-state index in [0.29, 0.717) is 12.8 Å². The third-order valence-corrected chi connectivity index (χ3v) is 9.54. The fourth-order valence-corrected chi connectivity index (χ4v) is 6.03. The molecule has 2 atom stereocenters. The molecule has 0 aromatic carbocycles. The van der Waals surface area contributed by atoms with Crippen LogP contribution < -0.4 is 0 Å². The van der Waals surface area contributed by atoms with Crippen molar-refractivity contribution in [3.8, 4) is 0 Å². The predicted molar refractivity (Wildman–Crippen MR) is 198 cm³/mol. The molecule has 1 amide bonds. The topological polar surface area (TPSA) is 134 Å². The van der Waals surface area contributed by atoms with Crippen molar-refractivity contribution < 1.29 is 39.2 Å².